The Morgan fingerprint density at radius 2 is 2.29 bits per heavy atom. The molecule has 1 heterocycles. The van der Waals surface area contributed by atoms with Crippen LogP contribution in [0.2, 0.25) is 0 Å². The van der Waals surface area contributed by atoms with Crippen molar-refractivity contribution in [2.24, 2.45) is 5.92 Å². The van der Waals surface area contributed by atoms with E-state index in [1.807, 2.05) is 24.3 Å². The van der Waals surface area contributed by atoms with E-state index in [4.69, 9.17) is 9.84 Å². The summed E-state index contributed by atoms with van der Waals surface area (Å²) in [6.45, 7) is 1.10. The number of amides is 1. The first-order valence-corrected chi connectivity index (χ1v) is 7.71. The lowest BCUT2D eigenvalue weighted by Gasteiger charge is -2.24. The first-order chi connectivity index (χ1) is 10.1. The lowest BCUT2D eigenvalue weighted by molar-refractivity contribution is -0.138. The second-order valence-corrected chi connectivity index (χ2v) is 6.04. The number of ether oxygens (including phenoxy) is 1. The number of aliphatic carboxylic acids is 1. The molecule has 114 valence electrons. The van der Waals surface area contributed by atoms with Gasteiger partial charge in [0.25, 0.3) is 0 Å². The minimum Gasteiger partial charge on any atom is -0.481 e. The molecule has 0 saturated carbocycles. The molecule has 1 fully saturated rings. The second-order valence-electron chi connectivity index (χ2n) is 5.13. The predicted octanol–water partition coefficient (Wildman–Crippen LogP) is 2.51. The second kappa shape index (κ2) is 7.56. The van der Waals surface area contributed by atoms with Gasteiger partial charge in [-0.3, -0.25) is 9.59 Å². The first-order valence-electron chi connectivity index (χ1n) is 6.91. The summed E-state index contributed by atoms with van der Waals surface area (Å²) < 4.78 is 6.16. The van der Waals surface area contributed by atoms with Crippen molar-refractivity contribution in [1.82, 2.24) is 5.32 Å². The number of nitrogens with one attached hydrogen (secondary N) is 1. The molecular weight excluding hydrogens is 338 g/mol. The summed E-state index contributed by atoms with van der Waals surface area (Å²) in [5.74, 6) is -1.27. The molecule has 6 heteroatoms. The van der Waals surface area contributed by atoms with Crippen LogP contribution < -0.4 is 5.32 Å². The lowest BCUT2D eigenvalue weighted by Crippen LogP contribution is -2.38. The number of hydrogen-bond acceptors (Lipinski definition) is 3. The van der Waals surface area contributed by atoms with E-state index in [1.54, 1.807) is 0 Å². The van der Waals surface area contributed by atoms with E-state index in [-0.39, 0.29) is 18.2 Å². The Balaban J connectivity index is 2.08. The lowest BCUT2D eigenvalue weighted by atomic mass is 9.98. The molecule has 2 unspecified atom stereocenters. The molecule has 1 aliphatic heterocycles. The van der Waals surface area contributed by atoms with Gasteiger partial charge >= 0.3 is 5.97 Å². The molecule has 0 aromatic heterocycles. The minimum absolute atomic E-state index is 0.138. The van der Waals surface area contributed by atoms with Crippen molar-refractivity contribution in [1.29, 1.82) is 0 Å². The van der Waals surface area contributed by atoms with E-state index < -0.39 is 12.0 Å². The van der Waals surface area contributed by atoms with E-state index in [9.17, 15) is 9.59 Å². The number of rotatable bonds is 5. The van der Waals surface area contributed by atoms with Crippen LogP contribution in [0, 0.1) is 5.92 Å². The van der Waals surface area contributed by atoms with Crippen LogP contribution in [-0.4, -0.2) is 30.2 Å². The molecule has 2 rings (SSSR count). The van der Waals surface area contributed by atoms with Crippen molar-refractivity contribution in [3.05, 3.63) is 34.3 Å². The van der Waals surface area contributed by atoms with E-state index in [0.29, 0.717) is 13.2 Å². The molecule has 5 nitrogen and oxygen atoms in total. The van der Waals surface area contributed by atoms with Gasteiger partial charge in [0.05, 0.1) is 25.0 Å². The Bertz CT molecular complexity index is 514. The van der Waals surface area contributed by atoms with Gasteiger partial charge in [-0.2, -0.15) is 0 Å². The van der Waals surface area contributed by atoms with Crippen molar-refractivity contribution in [3.8, 4) is 0 Å². The highest BCUT2D eigenvalue weighted by molar-refractivity contribution is 9.10. The molecule has 0 radical (unpaired) electrons. The molecular formula is C15H18BrNO4. The van der Waals surface area contributed by atoms with Gasteiger partial charge in [-0.05, 0) is 30.5 Å². The average molecular weight is 356 g/mol. The molecule has 21 heavy (non-hydrogen) atoms. The standard InChI is InChI=1S/C15H18BrNO4/c16-12-5-1-3-10(7-12)13(8-14(18)19)17-15(20)11-4-2-6-21-9-11/h1,3,5,7,11,13H,2,4,6,8-9H2,(H,17,20)(H,18,19). The van der Waals surface area contributed by atoms with Gasteiger partial charge < -0.3 is 15.2 Å². The fraction of sp³-hybridized carbons (Fsp3) is 0.467. The number of carbonyl (C=O) groups excluding carboxylic acids is 1. The maximum absolute atomic E-state index is 12.3. The van der Waals surface area contributed by atoms with Gasteiger partial charge in [-0.25, -0.2) is 0 Å². The fourth-order valence-electron chi connectivity index (χ4n) is 2.39. The summed E-state index contributed by atoms with van der Waals surface area (Å²) >= 11 is 3.36. The minimum atomic E-state index is -0.944. The Morgan fingerprint density at radius 3 is 2.90 bits per heavy atom. The number of hydrogen-bond donors (Lipinski definition) is 2. The molecule has 1 saturated heterocycles. The molecule has 0 aliphatic carbocycles. The molecule has 0 bridgehead atoms. The van der Waals surface area contributed by atoms with Crippen LogP contribution in [0.4, 0.5) is 0 Å². The third kappa shape index (κ3) is 4.82. The molecule has 1 amide bonds. The van der Waals surface area contributed by atoms with Crippen LogP contribution in [0.1, 0.15) is 30.9 Å². The van der Waals surface area contributed by atoms with E-state index >= 15 is 0 Å². The van der Waals surface area contributed by atoms with Crippen molar-refractivity contribution in [3.63, 3.8) is 0 Å². The van der Waals surface area contributed by atoms with Gasteiger partial charge in [0.1, 0.15) is 0 Å². The first kappa shape index (κ1) is 16.0. The van der Waals surface area contributed by atoms with Crippen LogP contribution in [0.25, 0.3) is 0 Å². The molecule has 2 atom stereocenters. The maximum atomic E-state index is 12.3. The van der Waals surface area contributed by atoms with Crippen LogP contribution in [0.3, 0.4) is 0 Å². The number of carbonyl (C=O) groups is 2. The van der Waals surface area contributed by atoms with E-state index in [1.165, 1.54) is 0 Å². The normalized spacial score (nSPS) is 19.8. The number of halogens is 1. The van der Waals surface area contributed by atoms with Gasteiger partial charge in [0.15, 0.2) is 0 Å². The quantitative estimate of drug-likeness (QED) is 0.850. The zero-order valence-corrected chi connectivity index (χ0v) is 13.1. The summed E-state index contributed by atoms with van der Waals surface area (Å²) in [6, 6.07) is 6.79. The van der Waals surface area contributed by atoms with Crippen LogP contribution >= 0.6 is 15.9 Å². The number of carboxylic acid groups (broad SMARTS) is 1. The summed E-state index contributed by atoms with van der Waals surface area (Å²) in [5.41, 5.74) is 0.775. The Morgan fingerprint density at radius 1 is 1.48 bits per heavy atom. The van der Waals surface area contributed by atoms with Gasteiger partial charge in [0, 0.05) is 11.1 Å². The van der Waals surface area contributed by atoms with Crippen LogP contribution in [0.5, 0.6) is 0 Å². The maximum Gasteiger partial charge on any atom is 0.305 e. The largest absolute Gasteiger partial charge is 0.481 e. The summed E-state index contributed by atoms with van der Waals surface area (Å²) in [4.78, 5) is 23.3. The van der Waals surface area contributed by atoms with E-state index in [0.717, 1.165) is 22.9 Å². The summed E-state index contributed by atoms with van der Waals surface area (Å²) in [5, 5.41) is 11.9. The van der Waals surface area contributed by atoms with Crippen molar-refractivity contribution in [2.45, 2.75) is 25.3 Å². The Hall–Kier alpha value is -1.40. The summed E-state index contributed by atoms with van der Waals surface area (Å²) in [6.07, 6.45) is 1.50. The van der Waals surface area contributed by atoms with Crippen LogP contribution in [0.15, 0.2) is 28.7 Å². The average Bonchev–Trinajstić information content (AvgIpc) is 2.47. The van der Waals surface area contributed by atoms with Crippen LogP contribution in [-0.2, 0) is 14.3 Å². The smallest absolute Gasteiger partial charge is 0.305 e. The van der Waals surface area contributed by atoms with Crippen molar-refractivity contribution in [2.75, 3.05) is 13.2 Å². The number of benzene rings is 1. The molecule has 1 aromatic rings. The molecule has 2 N–H and O–H groups in total. The molecule has 0 spiro atoms. The zero-order valence-electron chi connectivity index (χ0n) is 11.5. The van der Waals surface area contributed by atoms with Gasteiger partial charge in [-0.15, -0.1) is 0 Å². The fourth-order valence-corrected chi connectivity index (χ4v) is 2.80. The van der Waals surface area contributed by atoms with Gasteiger partial charge in [0.2, 0.25) is 5.91 Å². The summed E-state index contributed by atoms with van der Waals surface area (Å²) in [7, 11) is 0. The van der Waals surface area contributed by atoms with Crippen molar-refractivity contribution >= 4 is 27.8 Å². The molecule has 1 aromatic carbocycles. The highest BCUT2D eigenvalue weighted by atomic mass is 79.9. The highest BCUT2D eigenvalue weighted by Crippen LogP contribution is 2.22. The topological polar surface area (TPSA) is 75.6 Å². The Labute approximate surface area is 131 Å². The third-order valence-corrected chi connectivity index (χ3v) is 3.97. The van der Waals surface area contributed by atoms with E-state index in [2.05, 4.69) is 21.2 Å². The molecule has 1 aliphatic rings. The zero-order chi connectivity index (χ0) is 15.2. The van der Waals surface area contributed by atoms with Gasteiger partial charge in [-0.1, -0.05) is 28.1 Å². The van der Waals surface area contributed by atoms with Crippen molar-refractivity contribution < 1.29 is 19.4 Å². The number of carboxylic acids is 1. The Kier molecular flexibility index (Phi) is 5.76. The SMILES string of the molecule is O=C(O)CC(NC(=O)C1CCCOC1)c1cccc(Br)c1. The highest BCUT2D eigenvalue weighted by Gasteiger charge is 2.25. The monoisotopic (exact) mass is 355 g/mol. The predicted molar refractivity (Wildman–Crippen MR) is 80.8 cm³/mol. The third-order valence-electron chi connectivity index (χ3n) is 3.48.